The molecule has 0 atom stereocenters. The highest BCUT2D eigenvalue weighted by atomic mass is 35.5. The maximum Gasteiger partial charge on any atom is 0.433 e. The molecule has 0 bridgehead atoms. The molecule has 0 N–H and O–H groups in total. The molecule has 1 heterocycles. The summed E-state index contributed by atoms with van der Waals surface area (Å²) in [5.41, 5.74) is -0.872. The number of benzene rings is 1. The van der Waals surface area contributed by atoms with Crippen molar-refractivity contribution in [1.82, 2.24) is 9.97 Å². The monoisotopic (exact) mass is 340 g/mol. The molecule has 0 radical (unpaired) electrons. The third-order valence-electron chi connectivity index (χ3n) is 2.36. The van der Waals surface area contributed by atoms with E-state index in [1.165, 1.54) is 24.3 Å². The number of nitrogens with zero attached hydrogens (tertiary/aromatic N) is 2. The van der Waals surface area contributed by atoms with Crippen LogP contribution in [0.3, 0.4) is 0 Å². The summed E-state index contributed by atoms with van der Waals surface area (Å²) in [6.07, 6.45) is -4.65. The van der Waals surface area contributed by atoms with Gasteiger partial charge in [0.2, 0.25) is 5.28 Å². The molecular formula is C12H6ClF5N2S. The van der Waals surface area contributed by atoms with E-state index in [0.717, 1.165) is 6.07 Å². The Morgan fingerprint density at radius 3 is 2.19 bits per heavy atom. The van der Waals surface area contributed by atoms with E-state index in [1.807, 2.05) is 0 Å². The lowest BCUT2D eigenvalue weighted by Gasteiger charge is -2.08. The van der Waals surface area contributed by atoms with Gasteiger partial charge in [-0.25, -0.2) is 9.97 Å². The average Bonchev–Trinajstić information content (AvgIpc) is 2.37. The topological polar surface area (TPSA) is 25.8 Å². The van der Waals surface area contributed by atoms with E-state index >= 15 is 0 Å². The van der Waals surface area contributed by atoms with Crippen molar-refractivity contribution in [3.63, 3.8) is 0 Å². The summed E-state index contributed by atoms with van der Waals surface area (Å²) in [6, 6.07) is 6.28. The van der Waals surface area contributed by atoms with Crippen LogP contribution in [0.4, 0.5) is 22.0 Å². The van der Waals surface area contributed by atoms with E-state index in [-0.39, 0.29) is 5.69 Å². The van der Waals surface area contributed by atoms with Crippen LogP contribution in [0.15, 0.2) is 35.2 Å². The van der Waals surface area contributed by atoms with E-state index in [1.54, 1.807) is 0 Å². The first-order chi connectivity index (χ1) is 9.75. The minimum absolute atomic E-state index is 0.0316. The summed E-state index contributed by atoms with van der Waals surface area (Å²) in [5, 5.41) is -0.536. The van der Waals surface area contributed by atoms with Crippen LogP contribution < -0.4 is 0 Å². The SMILES string of the molecule is FC(F)Sc1ccc(-c2cc(C(F)(F)F)nc(Cl)n2)cc1. The molecule has 2 nitrogen and oxygen atoms in total. The minimum atomic E-state index is -4.65. The molecule has 2 aromatic rings. The van der Waals surface area contributed by atoms with Crippen molar-refractivity contribution < 1.29 is 22.0 Å². The van der Waals surface area contributed by atoms with Crippen molar-refractivity contribution in [1.29, 1.82) is 0 Å². The summed E-state index contributed by atoms with van der Waals surface area (Å²) < 4.78 is 62.3. The molecule has 0 spiro atoms. The first-order valence-electron chi connectivity index (χ1n) is 5.43. The Balaban J connectivity index is 2.35. The fourth-order valence-electron chi connectivity index (χ4n) is 1.52. The average molecular weight is 341 g/mol. The maximum absolute atomic E-state index is 12.6. The normalized spacial score (nSPS) is 12.0. The highest BCUT2D eigenvalue weighted by molar-refractivity contribution is 7.99. The van der Waals surface area contributed by atoms with Crippen LogP contribution in [0.1, 0.15) is 5.69 Å². The van der Waals surface area contributed by atoms with Gasteiger partial charge in [0.05, 0.1) is 5.69 Å². The fourth-order valence-corrected chi connectivity index (χ4v) is 2.20. The van der Waals surface area contributed by atoms with Crippen LogP contribution in [-0.2, 0) is 6.18 Å². The molecule has 9 heteroatoms. The molecule has 0 aliphatic heterocycles. The second-order valence-electron chi connectivity index (χ2n) is 3.81. The van der Waals surface area contributed by atoms with Crippen molar-refractivity contribution in [2.75, 3.05) is 0 Å². The first kappa shape index (κ1) is 16.0. The molecule has 0 aliphatic rings. The Labute approximate surface area is 125 Å². The van der Waals surface area contributed by atoms with Gasteiger partial charge in [0.25, 0.3) is 5.76 Å². The molecule has 1 aromatic carbocycles. The van der Waals surface area contributed by atoms with Gasteiger partial charge in [0.15, 0.2) is 0 Å². The summed E-state index contributed by atoms with van der Waals surface area (Å²) in [7, 11) is 0. The van der Waals surface area contributed by atoms with E-state index in [4.69, 9.17) is 11.6 Å². The smallest absolute Gasteiger partial charge is 0.218 e. The van der Waals surface area contributed by atoms with Crippen LogP contribution in [0.2, 0.25) is 5.28 Å². The van der Waals surface area contributed by atoms with Crippen LogP contribution >= 0.6 is 23.4 Å². The molecule has 1 aromatic heterocycles. The van der Waals surface area contributed by atoms with E-state index in [2.05, 4.69) is 9.97 Å². The first-order valence-corrected chi connectivity index (χ1v) is 6.68. The Morgan fingerprint density at radius 1 is 1.05 bits per heavy atom. The molecule has 0 amide bonds. The van der Waals surface area contributed by atoms with Gasteiger partial charge in [0, 0.05) is 10.5 Å². The molecule has 21 heavy (non-hydrogen) atoms. The zero-order valence-electron chi connectivity index (χ0n) is 10.0. The molecule has 0 saturated heterocycles. The number of hydrogen-bond acceptors (Lipinski definition) is 3. The number of halogens is 6. The van der Waals surface area contributed by atoms with Gasteiger partial charge < -0.3 is 0 Å². The second kappa shape index (κ2) is 6.15. The van der Waals surface area contributed by atoms with Crippen molar-refractivity contribution in [3.05, 3.63) is 41.3 Å². The summed E-state index contributed by atoms with van der Waals surface area (Å²) in [6.45, 7) is 0. The third kappa shape index (κ3) is 4.28. The summed E-state index contributed by atoms with van der Waals surface area (Å²) in [4.78, 5) is 7.12. The lowest BCUT2D eigenvalue weighted by molar-refractivity contribution is -0.141. The van der Waals surface area contributed by atoms with Gasteiger partial charge in [-0.1, -0.05) is 23.9 Å². The highest BCUT2D eigenvalue weighted by Crippen LogP contribution is 2.32. The van der Waals surface area contributed by atoms with Gasteiger partial charge in [-0.3, -0.25) is 0 Å². The second-order valence-corrected chi connectivity index (χ2v) is 5.21. The predicted molar refractivity (Wildman–Crippen MR) is 69.3 cm³/mol. The van der Waals surface area contributed by atoms with Gasteiger partial charge in [-0.2, -0.15) is 22.0 Å². The highest BCUT2D eigenvalue weighted by Gasteiger charge is 2.33. The third-order valence-corrected chi connectivity index (χ3v) is 3.26. The number of aromatic nitrogens is 2. The van der Waals surface area contributed by atoms with Crippen molar-refractivity contribution >= 4 is 23.4 Å². The molecule has 0 unspecified atom stereocenters. The predicted octanol–water partition coefficient (Wildman–Crippen LogP) is 5.13. The fraction of sp³-hybridized carbons (Fsp3) is 0.167. The van der Waals surface area contributed by atoms with Crippen molar-refractivity contribution in [3.8, 4) is 11.3 Å². The van der Waals surface area contributed by atoms with Gasteiger partial charge in [-0.05, 0) is 29.8 Å². The molecule has 112 valence electrons. The summed E-state index contributed by atoms with van der Waals surface area (Å²) >= 11 is 5.82. The molecular weight excluding hydrogens is 335 g/mol. The maximum atomic E-state index is 12.6. The van der Waals surface area contributed by atoms with E-state index < -0.39 is 22.9 Å². The van der Waals surface area contributed by atoms with Crippen molar-refractivity contribution in [2.45, 2.75) is 16.8 Å². The Bertz CT molecular complexity index is 631. The Hall–Kier alpha value is -1.41. The molecule has 0 saturated carbocycles. The Kier molecular flexibility index (Phi) is 4.67. The lowest BCUT2D eigenvalue weighted by atomic mass is 10.1. The molecule has 0 aliphatic carbocycles. The number of hydrogen-bond donors (Lipinski definition) is 0. The zero-order valence-corrected chi connectivity index (χ0v) is 11.6. The van der Waals surface area contributed by atoms with Gasteiger partial charge in [0.1, 0.15) is 5.69 Å². The number of alkyl halides is 5. The largest absolute Gasteiger partial charge is 0.433 e. The van der Waals surface area contributed by atoms with Crippen LogP contribution in [0, 0.1) is 0 Å². The minimum Gasteiger partial charge on any atom is -0.218 e. The Morgan fingerprint density at radius 2 is 1.67 bits per heavy atom. The van der Waals surface area contributed by atoms with E-state index in [9.17, 15) is 22.0 Å². The molecule has 0 fully saturated rings. The lowest BCUT2D eigenvalue weighted by Crippen LogP contribution is -2.09. The van der Waals surface area contributed by atoms with Crippen LogP contribution in [0.25, 0.3) is 11.3 Å². The van der Waals surface area contributed by atoms with Gasteiger partial charge >= 0.3 is 6.18 Å². The number of rotatable bonds is 3. The van der Waals surface area contributed by atoms with Crippen molar-refractivity contribution in [2.24, 2.45) is 0 Å². The van der Waals surface area contributed by atoms with Crippen LogP contribution in [-0.4, -0.2) is 15.7 Å². The summed E-state index contributed by atoms with van der Waals surface area (Å²) in [5.74, 6) is -2.57. The quantitative estimate of drug-likeness (QED) is 0.440. The standard InChI is InChI=1S/C12H6ClF5N2S/c13-10-19-8(5-9(20-10)12(16,17)18)6-1-3-7(4-2-6)21-11(14)15/h1-5,11H. The zero-order chi connectivity index (χ0) is 15.6. The van der Waals surface area contributed by atoms with Gasteiger partial charge in [-0.15, -0.1) is 0 Å². The molecule has 2 rings (SSSR count). The number of thioether (sulfide) groups is 1. The van der Waals surface area contributed by atoms with E-state index in [0.29, 0.717) is 22.2 Å². The van der Waals surface area contributed by atoms with Crippen LogP contribution in [0.5, 0.6) is 0 Å².